The number of amidine groups is 1. The maximum Gasteiger partial charge on any atom is 0.338 e. The summed E-state index contributed by atoms with van der Waals surface area (Å²) in [5, 5.41) is 6.48. The number of aliphatic imine (C=N–C) groups is 1. The summed E-state index contributed by atoms with van der Waals surface area (Å²) in [5.41, 5.74) is 2.77. The van der Waals surface area contributed by atoms with Crippen molar-refractivity contribution in [2.24, 2.45) is 4.99 Å². The van der Waals surface area contributed by atoms with E-state index in [0.29, 0.717) is 16.3 Å². The summed E-state index contributed by atoms with van der Waals surface area (Å²) in [6.45, 7) is 3.78. The first-order chi connectivity index (χ1) is 15.4. The number of thioether (sulfide) groups is 1. The lowest BCUT2D eigenvalue weighted by Gasteiger charge is -2.36. The molecule has 1 atom stereocenters. The summed E-state index contributed by atoms with van der Waals surface area (Å²) in [5.74, 6) is -0.453. The molecule has 32 heavy (non-hydrogen) atoms. The van der Waals surface area contributed by atoms with Crippen LogP contribution in [0.3, 0.4) is 0 Å². The minimum Gasteiger partial charge on any atom is -0.466 e. The van der Waals surface area contributed by atoms with Gasteiger partial charge in [-0.15, -0.1) is 0 Å². The van der Waals surface area contributed by atoms with Crippen LogP contribution in [0.15, 0.2) is 51.6 Å². The maximum atomic E-state index is 12.9. The lowest BCUT2D eigenvalue weighted by atomic mass is 9.94. The zero-order valence-electron chi connectivity index (χ0n) is 18.4. The Bertz CT molecular complexity index is 997. The monoisotopic (exact) mass is 474 g/mol. The van der Waals surface area contributed by atoms with E-state index >= 15 is 0 Å². The number of carbonyl (C=O) groups excluding carboxylic acids is 2. The number of esters is 1. The molecular weight excluding hydrogens is 448 g/mol. The minimum absolute atomic E-state index is 0.0200. The van der Waals surface area contributed by atoms with Crippen molar-refractivity contribution in [2.45, 2.75) is 38.3 Å². The van der Waals surface area contributed by atoms with Crippen LogP contribution in [0.1, 0.15) is 37.8 Å². The van der Waals surface area contributed by atoms with Gasteiger partial charge in [0.2, 0.25) is 5.91 Å². The highest BCUT2D eigenvalue weighted by Gasteiger charge is 2.41. The van der Waals surface area contributed by atoms with Gasteiger partial charge < -0.3 is 19.9 Å². The van der Waals surface area contributed by atoms with Crippen LogP contribution >= 0.6 is 23.4 Å². The second-order valence-corrected chi connectivity index (χ2v) is 9.53. The molecule has 1 aromatic carbocycles. The Labute approximate surface area is 197 Å². The highest BCUT2D eigenvalue weighted by molar-refractivity contribution is 8.16. The molecule has 0 saturated carbocycles. The highest BCUT2D eigenvalue weighted by Crippen LogP contribution is 2.44. The summed E-state index contributed by atoms with van der Waals surface area (Å²) in [6.07, 6.45) is 2.12. The van der Waals surface area contributed by atoms with Gasteiger partial charge in [0, 0.05) is 16.8 Å². The Hall–Kier alpha value is -2.29. The number of amides is 1. The Kier molecular flexibility index (Phi) is 6.93. The van der Waals surface area contributed by atoms with Crippen LogP contribution in [-0.4, -0.2) is 60.1 Å². The third-order valence-electron chi connectivity index (χ3n) is 6.02. The Balaban J connectivity index is 1.59. The number of nitrogens with zero attached hydrogens (tertiary/aromatic N) is 3. The zero-order valence-corrected chi connectivity index (χ0v) is 20.0. The number of carbonyl (C=O) groups is 2. The summed E-state index contributed by atoms with van der Waals surface area (Å²) in [6, 6.07) is 7.14. The number of piperidine rings is 1. The third-order valence-corrected chi connectivity index (χ3v) is 7.16. The molecule has 1 amide bonds. The van der Waals surface area contributed by atoms with Crippen molar-refractivity contribution in [3.05, 3.63) is 57.2 Å². The summed E-state index contributed by atoms with van der Waals surface area (Å²) in [7, 11) is 3.46. The predicted octanol–water partition coefficient (Wildman–Crippen LogP) is 3.69. The van der Waals surface area contributed by atoms with E-state index in [1.807, 2.05) is 29.4 Å². The number of allylic oxidation sites excluding steroid dienone is 1. The highest BCUT2D eigenvalue weighted by atomic mass is 35.5. The van der Waals surface area contributed by atoms with Crippen LogP contribution in [0.2, 0.25) is 5.02 Å². The van der Waals surface area contributed by atoms with E-state index < -0.39 is 12.0 Å². The number of likely N-dealkylation sites (tertiary alicyclic amines) is 1. The van der Waals surface area contributed by atoms with Crippen LogP contribution in [0.5, 0.6) is 0 Å². The number of ether oxygens (including phenoxy) is 1. The molecule has 1 saturated heterocycles. The number of hydrogen-bond donors (Lipinski definition) is 1. The Morgan fingerprint density at radius 2 is 1.94 bits per heavy atom. The first-order valence-electron chi connectivity index (χ1n) is 10.6. The molecule has 3 heterocycles. The Morgan fingerprint density at radius 1 is 1.25 bits per heavy atom. The van der Waals surface area contributed by atoms with Crippen LogP contribution in [0.4, 0.5) is 0 Å². The second-order valence-electron chi connectivity index (χ2n) is 8.26. The van der Waals surface area contributed by atoms with Gasteiger partial charge in [0.15, 0.2) is 5.17 Å². The second kappa shape index (κ2) is 9.68. The van der Waals surface area contributed by atoms with Crippen molar-refractivity contribution in [3.8, 4) is 0 Å². The van der Waals surface area contributed by atoms with Crippen molar-refractivity contribution in [1.29, 1.82) is 0 Å². The van der Waals surface area contributed by atoms with E-state index in [0.717, 1.165) is 42.4 Å². The average molecular weight is 475 g/mol. The van der Waals surface area contributed by atoms with Crippen LogP contribution in [0, 0.1) is 0 Å². The SMILES string of the molecule is COC(=O)C1=C(C)N=C2SC=C(CC(=O)NC3CCN(C)CC3)N2C1c1ccc(Cl)cc1. The van der Waals surface area contributed by atoms with E-state index in [9.17, 15) is 9.59 Å². The molecule has 3 aliphatic rings. The van der Waals surface area contributed by atoms with Crippen molar-refractivity contribution in [1.82, 2.24) is 15.1 Å². The molecule has 7 nitrogen and oxygen atoms in total. The van der Waals surface area contributed by atoms with Gasteiger partial charge in [-0.05, 0) is 63.0 Å². The number of rotatable bonds is 5. The first-order valence-corrected chi connectivity index (χ1v) is 11.9. The van der Waals surface area contributed by atoms with E-state index in [2.05, 4.69) is 22.3 Å². The smallest absolute Gasteiger partial charge is 0.338 e. The summed E-state index contributed by atoms with van der Waals surface area (Å²) < 4.78 is 5.08. The molecule has 170 valence electrons. The van der Waals surface area contributed by atoms with Gasteiger partial charge in [-0.25, -0.2) is 9.79 Å². The largest absolute Gasteiger partial charge is 0.466 e. The maximum absolute atomic E-state index is 12.9. The predicted molar refractivity (Wildman–Crippen MR) is 127 cm³/mol. The fraction of sp³-hybridized carbons (Fsp3) is 0.435. The van der Waals surface area contributed by atoms with E-state index in [4.69, 9.17) is 16.3 Å². The van der Waals surface area contributed by atoms with Crippen LogP contribution in [-0.2, 0) is 14.3 Å². The molecule has 0 radical (unpaired) electrons. The van der Waals surface area contributed by atoms with Gasteiger partial charge in [-0.2, -0.15) is 0 Å². The number of hydrogen-bond acceptors (Lipinski definition) is 7. The minimum atomic E-state index is -0.440. The third kappa shape index (κ3) is 4.72. The summed E-state index contributed by atoms with van der Waals surface area (Å²) >= 11 is 7.57. The number of nitrogens with one attached hydrogen (secondary N) is 1. The molecule has 0 aliphatic carbocycles. The molecule has 1 N–H and O–H groups in total. The zero-order chi connectivity index (χ0) is 22.8. The number of methoxy groups -OCH3 is 1. The van der Waals surface area contributed by atoms with Gasteiger partial charge in [0.1, 0.15) is 0 Å². The van der Waals surface area contributed by atoms with Crippen molar-refractivity contribution < 1.29 is 14.3 Å². The number of benzene rings is 1. The quantitative estimate of drug-likeness (QED) is 0.656. The van der Waals surface area contributed by atoms with Crippen molar-refractivity contribution in [2.75, 3.05) is 27.2 Å². The van der Waals surface area contributed by atoms with Crippen LogP contribution < -0.4 is 5.32 Å². The lowest BCUT2D eigenvalue weighted by Crippen LogP contribution is -2.44. The van der Waals surface area contributed by atoms with Gasteiger partial charge in [0.25, 0.3) is 0 Å². The van der Waals surface area contributed by atoms with E-state index in [-0.39, 0.29) is 18.4 Å². The molecule has 0 bridgehead atoms. The number of halogens is 1. The lowest BCUT2D eigenvalue weighted by molar-refractivity contribution is -0.136. The fourth-order valence-corrected chi connectivity index (χ4v) is 5.39. The molecule has 1 aromatic rings. The summed E-state index contributed by atoms with van der Waals surface area (Å²) in [4.78, 5) is 34.5. The average Bonchev–Trinajstić information content (AvgIpc) is 3.16. The van der Waals surface area contributed by atoms with Crippen molar-refractivity contribution >= 4 is 40.4 Å². The molecule has 0 spiro atoms. The van der Waals surface area contributed by atoms with Gasteiger partial charge in [-0.3, -0.25) is 4.79 Å². The van der Waals surface area contributed by atoms with Gasteiger partial charge in [-0.1, -0.05) is 35.5 Å². The fourth-order valence-electron chi connectivity index (χ4n) is 4.30. The van der Waals surface area contributed by atoms with Gasteiger partial charge >= 0.3 is 5.97 Å². The standard InChI is InChI=1S/C23H27ClN4O3S/c1-14-20(22(30)31-3)21(15-4-6-16(24)7-5-15)28-18(13-32-23(28)25-14)12-19(29)26-17-8-10-27(2)11-9-17/h4-7,13,17,21H,8-12H2,1-3H3,(H,26,29). The Morgan fingerprint density at radius 3 is 2.59 bits per heavy atom. The molecule has 3 aliphatic heterocycles. The normalized spacial score (nSPS) is 21.8. The molecule has 1 unspecified atom stereocenters. The molecule has 4 rings (SSSR count). The first kappa shape index (κ1) is 22.9. The van der Waals surface area contributed by atoms with E-state index in [1.165, 1.54) is 18.9 Å². The van der Waals surface area contributed by atoms with E-state index in [1.54, 1.807) is 12.1 Å². The molecule has 9 heteroatoms. The van der Waals surface area contributed by atoms with Gasteiger partial charge in [0.05, 0.1) is 30.8 Å². The topological polar surface area (TPSA) is 74.2 Å². The number of fused-ring (bicyclic) bond motifs is 1. The molecule has 1 fully saturated rings. The van der Waals surface area contributed by atoms with Crippen LogP contribution in [0.25, 0.3) is 0 Å². The van der Waals surface area contributed by atoms with Crippen molar-refractivity contribution in [3.63, 3.8) is 0 Å². The molecule has 0 aromatic heterocycles. The molecular formula is C23H27ClN4O3S.